The summed E-state index contributed by atoms with van der Waals surface area (Å²) in [6, 6.07) is 13.2. The van der Waals surface area contributed by atoms with Gasteiger partial charge < -0.3 is 15.0 Å². The van der Waals surface area contributed by atoms with E-state index in [0.29, 0.717) is 28.7 Å². The number of aromatic nitrogens is 2. The molecule has 106 valence electrons. The Morgan fingerprint density at radius 2 is 2.00 bits per heavy atom. The van der Waals surface area contributed by atoms with Crippen LogP contribution in [-0.4, -0.2) is 17.3 Å². The monoisotopic (exact) mass is 281 g/mol. The van der Waals surface area contributed by atoms with Gasteiger partial charge in [0, 0.05) is 11.3 Å². The molecule has 1 aromatic heterocycles. The minimum atomic E-state index is 0.378. The van der Waals surface area contributed by atoms with E-state index in [1.807, 2.05) is 31.2 Å². The van der Waals surface area contributed by atoms with Gasteiger partial charge in [-0.1, -0.05) is 28.9 Å². The molecule has 0 saturated heterocycles. The molecule has 0 unspecified atom stereocenters. The fourth-order valence-electron chi connectivity index (χ4n) is 2.08. The summed E-state index contributed by atoms with van der Waals surface area (Å²) in [6.45, 7) is 2.02. The molecule has 0 bridgehead atoms. The van der Waals surface area contributed by atoms with E-state index in [-0.39, 0.29) is 0 Å². The lowest BCUT2D eigenvalue weighted by atomic mass is 10.1. The second-order valence-electron chi connectivity index (χ2n) is 4.75. The van der Waals surface area contributed by atoms with Crippen LogP contribution in [0.15, 0.2) is 47.0 Å². The zero-order chi connectivity index (χ0) is 14.8. The predicted molar refractivity (Wildman–Crippen MR) is 80.9 cm³/mol. The molecule has 0 aliphatic heterocycles. The van der Waals surface area contributed by atoms with E-state index in [1.54, 1.807) is 25.3 Å². The lowest BCUT2D eigenvalue weighted by molar-refractivity contribution is 0.413. The smallest absolute Gasteiger partial charge is 0.260 e. The number of aryl methyl sites for hydroxylation is 1. The highest BCUT2D eigenvalue weighted by Gasteiger charge is 2.14. The summed E-state index contributed by atoms with van der Waals surface area (Å²) in [4.78, 5) is 4.41. The normalized spacial score (nSPS) is 10.6. The molecule has 0 aliphatic carbocycles. The van der Waals surface area contributed by atoms with Crippen LogP contribution in [0.2, 0.25) is 0 Å². The molecular formula is C16H15N3O2. The average molecular weight is 281 g/mol. The lowest BCUT2D eigenvalue weighted by Crippen LogP contribution is -1.92. The first-order valence-corrected chi connectivity index (χ1v) is 6.52. The maximum Gasteiger partial charge on any atom is 0.260 e. The van der Waals surface area contributed by atoms with Crippen LogP contribution < -0.4 is 10.5 Å². The van der Waals surface area contributed by atoms with E-state index >= 15 is 0 Å². The summed E-state index contributed by atoms with van der Waals surface area (Å²) in [7, 11) is 1.60. The molecule has 0 aliphatic rings. The molecule has 3 aromatic rings. The number of ether oxygens (including phenoxy) is 1. The fraction of sp³-hybridized carbons (Fsp3) is 0.125. The van der Waals surface area contributed by atoms with Crippen molar-refractivity contribution in [2.75, 3.05) is 12.8 Å². The fourth-order valence-corrected chi connectivity index (χ4v) is 2.08. The minimum Gasteiger partial charge on any atom is -0.497 e. The molecule has 1 heterocycles. The second-order valence-corrected chi connectivity index (χ2v) is 4.75. The first-order valence-electron chi connectivity index (χ1n) is 6.52. The van der Waals surface area contributed by atoms with Gasteiger partial charge >= 0.3 is 0 Å². The van der Waals surface area contributed by atoms with Crippen molar-refractivity contribution in [3.05, 3.63) is 48.0 Å². The number of methoxy groups -OCH3 is 1. The number of nitrogens with zero attached hydrogens (tertiary/aromatic N) is 2. The molecular weight excluding hydrogens is 266 g/mol. The van der Waals surface area contributed by atoms with Gasteiger partial charge in [-0.15, -0.1) is 0 Å². The molecule has 21 heavy (non-hydrogen) atoms. The number of benzene rings is 2. The third kappa shape index (κ3) is 2.58. The standard InChI is InChI=1S/C16H15N3O2/c1-10-4-3-5-11(8-10)15-18-16(21-19-15)13-9-12(20-2)6-7-14(13)17/h3-9H,17H2,1-2H3. The van der Waals surface area contributed by atoms with Gasteiger partial charge in [0.15, 0.2) is 0 Å². The third-order valence-corrected chi connectivity index (χ3v) is 3.19. The maximum absolute atomic E-state index is 5.96. The summed E-state index contributed by atoms with van der Waals surface area (Å²) >= 11 is 0. The quantitative estimate of drug-likeness (QED) is 0.745. The van der Waals surface area contributed by atoms with Crippen molar-refractivity contribution in [2.24, 2.45) is 0 Å². The molecule has 2 aromatic carbocycles. The topological polar surface area (TPSA) is 74.2 Å². The van der Waals surface area contributed by atoms with Crippen molar-refractivity contribution in [1.82, 2.24) is 10.1 Å². The van der Waals surface area contributed by atoms with Gasteiger partial charge in [-0.2, -0.15) is 4.98 Å². The van der Waals surface area contributed by atoms with Gasteiger partial charge in [-0.25, -0.2) is 0 Å². The Bertz CT molecular complexity index is 781. The van der Waals surface area contributed by atoms with Gasteiger partial charge in [-0.05, 0) is 31.2 Å². The third-order valence-electron chi connectivity index (χ3n) is 3.19. The Balaban J connectivity index is 2.02. The number of anilines is 1. The molecule has 0 spiro atoms. The van der Waals surface area contributed by atoms with Crippen molar-refractivity contribution in [2.45, 2.75) is 6.92 Å². The average Bonchev–Trinajstić information content (AvgIpc) is 2.97. The van der Waals surface area contributed by atoms with Gasteiger partial charge in [0.05, 0.1) is 12.7 Å². The maximum atomic E-state index is 5.96. The molecule has 5 heteroatoms. The predicted octanol–water partition coefficient (Wildman–Crippen LogP) is 3.30. The van der Waals surface area contributed by atoms with E-state index < -0.39 is 0 Å². The molecule has 0 saturated carbocycles. The Hall–Kier alpha value is -2.82. The number of hydrogen-bond donors (Lipinski definition) is 1. The van der Waals surface area contributed by atoms with Crippen molar-refractivity contribution in [3.8, 4) is 28.6 Å². The highest BCUT2D eigenvalue weighted by molar-refractivity contribution is 5.73. The number of rotatable bonds is 3. The number of nitrogens with two attached hydrogens (primary N) is 1. The zero-order valence-electron chi connectivity index (χ0n) is 11.8. The molecule has 0 radical (unpaired) electrons. The van der Waals surface area contributed by atoms with Crippen LogP contribution in [0.5, 0.6) is 5.75 Å². The minimum absolute atomic E-state index is 0.378. The van der Waals surface area contributed by atoms with Crippen molar-refractivity contribution < 1.29 is 9.26 Å². The highest BCUT2D eigenvalue weighted by atomic mass is 16.5. The van der Waals surface area contributed by atoms with E-state index in [4.69, 9.17) is 15.0 Å². The summed E-state index contributed by atoms with van der Waals surface area (Å²) < 4.78 is 10.5. The first-order chi connectivity index (χ1) is 10.2. The van der Waals surface area contributed by atoms with Crippen LogP contribution in [0.25, 0.3) is 22.8 Å². The van der Waals surface area contributed by atoms with Crippen molar-refractivity contribution >= 4 is 5.69 Å². The summed E-state index contributed by atoms with van der Waals surface area (Å²) in [6.07, 6.45) is 0. The van der Waals surface area contributed by atoms with Gasteiger partial charge in [0.25, 0.3) is 5.89 Å². The zero-order valence-corrected chi connectivity index (χ0v) is 11.8. The van der Waals surface area contributed by atoms with E-state index in [1.165, 1.54) is 0 Å². The van der Waals surface area contributed by atoms with Crippen LogP contribution in [0.4, 0.5) is 5.69 Å². The van der Waals surface area contributed by atoms with Crippen LogP contribution >= 0.6 is 0 Å². The van der Waals surface area contributed by atoms with Crippen molar-refractivity contribution in [1.29, 1.82) is 0 Å². The van der Waals surface area contributed by atoms with E-state index in [2.05, 4.69) is 10.1 Å². The Morgan fingerprint density at radius 3 is 2.76 bits per heavy atom. The molecule has 2 N–H and O–H groups in total. The first kappa shape index (κ1) is 13.2. The molecule has 0 atom stereocenters. The summed E-state index contributed by atoms with van der Waals surface area (Å²) in [5.74, 6) is 1.60. The van der Waals surface area contributed by atoms with E-state index in [9.17, 15) is 0 Å². The second kappa shape index (κ2) is 5.28. The van der Waals surface area contributed by atoms with Gasteiger partial charge in [0.1, 0.15) is 5.75 Å². The SMILES string of the molecule is COc1ccc(N)c(-c2nc(-c3cccc(C)c3)no2)c1. The van der Waals surface area contributed by atoms with Gasteiger partial charge in [-0.3, -0.25) is 0 Å². The van der Waals surface area contributed by atoms with Crippen LogP contribution in [0.1, 0.15) is 5.56 Å². The van der Waals surface area contributed by atoms with Gasteiger partial charge in [0.2, 0.25) is 5.82 Å². The Labute approximate surface area is 122 Å². The van der Waals surface area contributed by atoms with Crippen molar-refractivity contribution in [3.63, 3.8) is 0 Å². The molecule has 3 rings (SSSR count). The lowest BCUT2D eigenvalue weighted by Gasteiger charge is -2.03. The van der Waals surface area contributed by atoms with Crippen LogP contribution in [-0.2, 0) is 0 Å². The highest BCUT2D eigenvalue weighted by Crippen LogP contribution is 2.30. The molecule has 5 nitrogen and oxygen atoms in total. The number of nitrogen functional groups attached to an aromatic ring is 1. The Morgan fingerprint density at radius 1 is 1.14 bits per heavy atom. The Kier molecular flexibility index (Phi) is 3.31. The van der Waals surface area contributed by atoms with Crippen LogP contribution in [0, 0.1) is 6.92 Å². The number of hydrogen-bond acceptors (Lipinski definition) is 5. The van der Waals surface area contributed by atoms with E-state index in [0.717, 1.165) is 11.1 Å². The molecule has 0 fully saturated rings. The summed E-state index contributed by atoms with van der Waals surface area (Å²) in [5, 5.41) is 4.02. The van der Waals surface area contributed by atoms with Crippen LogP contribution in [0.3, 0.4) is 0 Å². The summed E-state index contributed by atoms with van der Waals surface area (Å²) in [5.41, 5.74) is 9.24. The molecule has 0 amide bonds. The largest absolute Gasteiger partial charge is 0.497 e.